The Hall–Kier alpha value is -1.53. The Morgan fingerprint density at radius 2 is 2.06 bits per heavy atom. The molecule has 0 saturated carbocycles. The molecule has 0 N–H and O–H groups in total. The average Bonchev–Trinajstić information content (AvgIpc) is 2.73. The number of nitrogens with zero attached hydrogens (tertiary/aromatic N) is 2. The fourth-order valence-electron chi connectivity index (χ4n) is 1.88. The summed E-state index contributed by atoms with van der Waals surface area (Å²) >= 11 is 0. The molecule has 0 spiro atoms. The van der Waals surface area contributed by atoms with Crippen molar-refractivity contribution in [1.82, 2.24) is 9.78 Å². The molecule has 1 aromatic rings. The van der Waals surface area contributed by atoms with Gasteiger partial charge in [-0.3, -0.25) is 4.68 Å². The highest BCUT2D eigenvalue weighted by Crippen LogP contribution is 2.34. The van der Waals surface area contributed by atoms with Crippen LogP contribution >= 0.6 is 0 Å². The molecule has 94 valence electrons. The summed E-state index contributed by atoms with van der Waals surface area (Å²) < 4.78 is 43.7. The van der Waals surface area contributed by atoms with E-state index in [9.17, 15) is 18.0 Å². The Balaban J connectivity index is 2.46. The van der Waals surface area contributed by atoms with Crippen molar-refractivity contribution in [3.63, 3.8) is 0 Å². The lowest BCUT2D eigenvalue weighted by atomic mass is 10.2. The SMILES string of the molecule is Cc1c(C(F)(F)F)nn(C2CCOC2=O)c1C. The summed E-state index contributed by atoms with van der Waals surface area (Å²) in [6, 6.07) is -0.732. The van der Waals surface area contributed by atoms with Gasteiger partial charge in [0.1, 0.15) is 0 Å². The Morgan fingerprint density at radius 1 is 1.41 bits per heavy atom. The van der Waals surface area contributed by atoms with Crippen molar-refractivity contribution in [3.05, 3.63) is 17.0 Å². The maximum absolute atomic E-state index is 12.6. The molecule has 1 atom stereocenters. The number of carbonyl (C=O) groups excluding carboxylic acids is 1. The van der Waals surface area contributed by atoms with E-state index in [1.807, 2.05) is 0 Å². The highest BCUT2D eigenvalue weighted by atomic mass is 19.4. The van der Waals surface area contributed by atoms with Crippen LogP contribution in [0.15, 0.2) is 0 Å². The van der Waals surface area contributed by atoms with E-state index in [1.54, 1.807) is 0 Å². The highest BCUT2D eigenvalue weighted by Gasteiger charge is 2.39. The summed E-state index contributed by atoms with van der Waals surface area (Å²) in [5.74, 6) is -0.524. The van der Waals surface area contributed by atoms with Crippen LogP contribution in [0.4, 0.5) is 13.2 Å². The number of carbonyl (C=O) groups is 1. The summed E-state index contributed by atoms with van der Waals surface area (Å²) in [5.41, 5.74) is -0.534. The van der Waals surface area contributed by atoms with Crippen LogP contribution in [0, 0.1) is 13.8 Å². The summed E-state index contributed by atoms with van der Waals surface area (Å²) in [4.78, 5) is 11.3. The van der Waals surface area contributed by atoms with Gasteiger partial charge in [0.05, 0.1) is 6.61 Å². The van der Waals surface area contributed by atoms with Crippen LogP contribution < -0.4 is 0 Å². The van der Waals surface area contributed by atoms with E-state index < -0.39 is 23.9 Å². The van der Waals surface area contributed by atoms with Gasteiger partial charge in [-0.1, -0.05) is 0 Å². The lowest BCUT2D eigenvalue weighted by Gasteiger charge is -2.08. The lowest BCUT2D eigenvalue weighted by Crippen LogP contribution is -2.17. The van der Waals surface area contributed by atoms with Crippen molar-refractivity contribution in [1.29, 1.82) is 0 Å². The van der Waals surface area contributed by atoms with Crippen LogP contribution in [0.25, 0.3) is 0 Å². The van der Waals surface area contributed by atoms with Crippen LogP contribution in [-0.2, 0) is 15.7 Å². The third-order valence-corrected chi connectivity index (χ3v) is 2.92. The van der Waals surface area contributed by atoms with Crippen molar-refractivity contribution < 1.29 is 22.7 Å². The second-order valence-corrected chi connectivity index (χ2v) is 3.97. The van der Waals surface area contributed by atoms with Gasteiger partial charge in [0.25, 0.3) is 0 Å². The highest BCUT2D eigenvalue weighted by molar-refractivity contribution is 5.76. The van der Waals surface area contributed by atoms with Crippen molar-refractivity contribution >= 4 is 5.97 Å². The zero-order valence-electron chi connectivity index (χ0n) is 9.34. The molecule has 1 aromatic heterocycles. The first-order valence-electron chi connectivity index (χ1n) is 5.12. The zero-order chi connectivity index (χ0) is 12.8. The first kappa shape index (κ1) is 11.9. The number of ether oxygens (including phenoxy) is 1. The molecule has 1 unspecified atom stereocenters. The minimum atomic E-state index is -4.50. The number of aromatic nitrogens is 2. The Labute approximate surface area is 95.4 Å². The van der Waals surface area contributed by atoms with Crippen molar-refractivity contribution in [2.24, 2.45) is 0 Å². The molecule has 7 heteroatoms. The van der Waals surface area contributed by atoms with E-state index in [-0.39, 0.29) is 12.2 Å². The molecule has 2 rings (SSSR count). The van der Waals surface area contributed by atoms with Crippen LogP contribution in [-0.4, -0.2) is 22.4 Å². The first-order valence-corrected chi connectivity index (χ1v) is 5.12. The fraction of sp³-hybridized carbons (Fsp3) is 0.600. The van der Waals surface area contributed by atoms with E-state index in [0.717, 1.165) is 4.68 Å². The molecule has 17 heavy (non-hydrogen) atoms. The zero-order valence-corrected chi connectivity index (χ0v) is 9.34. The van der Waals surface area contributed by atoms with Crippen molar-refractivity contribution in [3.8, 4) is 0 Å². The molecule has 0 bridgehead atoms. The summed E-state index contributed by atoms with van der Waals surface area (Å²) in [7, 11) is 0. The van der Waals surface area contributed by atoms with Gasteiger partial charge in [-0.15, -0.1) is 0 Å². The molecule has 0 amide bonds. The minimum absolute atomic E-state index is 0.0530. The number of hydrogen-bond donors (Lipinski definition) is 0. The third-order valence-electron chi connectivity index (χ3n) is 2.92. The van der Waals surface area contributed by atoms with Crippen molar-refractivity contribution in [2.45, 2.75) is 32.5 Å². The predicted molar refractivity (Wildman–Crippen MR) is 51.3 cm³/mol. The normalized spacial score (nSPS) is 20.8. The number of cyclic esters (lactones) is 1. The number of halogens is 3. The summed E-state index contributed by atoms with van der Waals surface area (Å²) in [6.07, 6.45) is -4.14. The molecular weight excluding hydrogens is 237 g/mol. The topological polar surface area (TPSA) is 44.1 Å². The third kappa shape index (κ3) is 1.89. The van der Waals surface area contributed by atoms with Crippen LogP contribution in [0.1, 0.15) is 29.4 Å². The van der Waals surface area contributed by atoms with Gasteiger partial charge in [0.15, 0.2) is 11.7 Å². The van der Waals surface area contributed by atoms with E-state index in [1.165, 1.54) is 13.8 Å². The summed E-state index contributed by atoms with van der Waals surface area (Å²) in [5, 5.41) is 3.50. The molecule has 0 radical (unpaired) electrons. The van der Waals surface area contributed by atoms with Gasteiger partial charge >= 0.3 is 12.1 Å². The molecule has 1 aliphatic heterocycles. The Bertz CT molecular complexity index is 465. The standard InChI is InChI=1S/C10H11F3N2O2/c1-5-6(2)15(7-3-4-17-9(7)16)14-8(5)10(11,12)13/h7H,3-4H2,1-2H3. The number of rotatable bonds is 1. The van der Waals surface area contributed by atoms with Gasteiger partial charge in [-0.25, -0.2) is 4.79 Å². The number of esters is 1. The van der Waals surface area contributed by atoms with Crippen molar-refractivity contribution in [2.75, 3.05) is 6.61 Å². The predicted octanol–water partition coefficient (Wildman–Crippen LogP) is 2.01. The minimum Gasteiger partial charge on any atom is -0.464 e. The molecule has 1 saturated heterocycles. The van der Waals surface area contributed by atoms with Gasteiger partial charge < -0.3 is 4.74 Å². The molecule has 0 aliphatic carbocycles. The molecule has 2 heterocycles. The van der Waals surface area contributed by atoms with E-state index in [0.29, 0.717) is 12.1 Å². The van der Waals surface area contributed by atoms with Crippen LogP contribution in [0.5, 0.6) is 0 Å². The van der Waals surface area contributed by atoms with E-state index in [2.05, 4.69) is 5.10 Å². The summed E-state index contributed by atoms with van der Waals surface area (Å²) in [6.45, 7) is 3.09. The monoisotopic (exact) mass is 248 g/mol. The van der Waals surface area contributed by atoms with Gasteiger partial charge in [-0.2, -0.15) is 18.3 Å². The maximum Gasteiger partial charge on any atom is 0.435 e. The first-order chi connectivity index (χ1) is 7.82. The number of alkyl halides is 3. The fourth-order valence-corrected chi connectivity index (χ4v) is 1.88. The molecule has 1 aliphatic rings. The van der Waals surface area contributed by atoms with Crippen LogP contribution in [0.2, 0.25) is 0 Å². The molecule has 0 aromatic carbocycles. The maximum atomic E-state index is 12.6. The smallest absolute Gasteiger partial charge is 0.435 e. The quantitative estimate of drug-likeness (QED) is 0.714. The lowest BCUT2D eigenvalue weighted by molar-refractivity contribution is -0.144. The van der Waals surface area contributed by atoms with Gasteiger partial charge in [0, 0.05) is 17.7 Å². The average molecular weight is 248 g/mol. The Morgan fingerprint density at radius 3 is 2.47 bits per heavy atom. The molecular formula is C10H11F3N2O2. The van der Waals surface area contributed by atoms with E-state index in [4.69, 9.17) is 4.74 Å². The van der Waals surface area contributed by atoms with Gasteiger partial charge in [-0.05, 0) is 13.8 Å². The Kier molecular flexibility index (Phi) is 2.63. The van der Waals surface area contributed by atoms with Gasteiger partial charge in [0.2, 0.25) is 0 Å². The molecule has 4 nitrogen and oxygen atoms in total. The second kappa shape index (κ2) is 3.75. The number of hydrogen-bond acceptors (Lipinski definition) is 3. The second-order valence-electron chi connectivity index (χ2n) is 3.97. The largest absolute Gasteiger partial charge is 0.464 e. The van der Waals surface area contributed by atoms with E-state index >= 15 is 0 Å². The van der Waals surface area contributed by atoms with Crippen LogP contribution in [0.3, 0.4) is 0 Å². The molecule has 1 fully saturated rings.